The topological polar surface area (TPSA) is 35.5 Å². The van der Waals surface area contributed by atoms with Crippen molar-refractivity contribution in [2.75, 3.05) is 26.2 Å². The maximum atomic E-state index is 9.55. The molecule has 108 valence electrons. The average Bonchev–Trinajstić information content (AvgIpc) is 3.17. The van der Waals surface area contributed by atoms with Crippen molar-refractivity contribution in [2.24, 2.45) is 0 Å². The fourth-order valence-electron chi connectivity index (χ4n) is 2.42. The van der Waals surface area contributed by atoms with Gasteiger partial charge in [-0.25, -0.2) is 0 Å². The van der Waals surface area contributed by atoms with Crippen LogP contribution >= 0.6 is 0 Å². The number of rotatable bonds is 11. The van der Waals surface area contributed by atoms with Crippen LogP contribution in [0.1, 0.15) is 59.3 Å². The number of hydrogen-bond acceptors (Lipinski definition) is 3. The Morgan fingerprint density at radius 2 is 1.89 bits per heavy atom. The predicted molar refractivity (Wildman–Crippen MR) is 77.9 cm³/mol. The Labute approximate surface area is 113 Å². The van der Waals surface area contributed by atoms with Crippen LogP contribution in [0.3, 0.4) is 0 Å². The van der Waals surface area contributed by atoms with Gasteiger partial charge in [0.05, 0.1) is 6.61 Å². The molecule has 18 heavy (non-hydrogen) atoms. The van der Waals surface area contributed by atoms with Crippen LogP contribution in [0.25, 0.3) is 0 Å². The highest BCUT2D eigenvalue weighted by atomic mass is 16.3. The lowest BCUT2D eigenvalue weighted by Gasteiger charge is -2.30. The molecule has 1 rings (SSSR count). The highest BCUT2D eigenvalue weighted by Gasteiger charge is 2.31. The fourth-order valence-corrected chi connectivity index (χ4v) is 2.42. The first-order valence-electron chi connectivity index (χ1n) is 7.74. The van der Waals surface area contributed by atoms with E-state index >= 15 is 0 Å². The predicted octanol–water partition coefficient (Wildman–Crippen LogP) is 2.39. The molecule has 0 radical (unpaired) electrons. The molecule has 0 bridgehead atoms. The summed E-state index contributed by atoms with van der Waals surface area (Å²) in [6, 6.07) is 0.671. The lowest BCUT2D eigenvalue weighted by atomic mass is 9.96. The number of nitrogens with one attached hydrogen (secondary N) is 1. The molecule has 0 aliphatic heterocycles. The molecule has 0 aromatic carbocycles. The van der Waals surface area contributed by atoms with Gasteiger partial charge in [0.15, 0.2) is 0 Å². The number of unbranched alkanes of at least 4 members (excludes halogenated alkanes) is 1. The van der Waals surface area contributed by atoms with Crippen LogP contribution in [-0.2, 0) is 0 Å². The van der Waals surface area contributed by atoms with E-state index in [4.69, 9.17) is 0 Å². The van der Waals surface area contributed by atoms with Gasteiger partial charge >= 0.3 is 0 Å². The van der Waals surface area contributed by atoms with Crippen molar-refractivity contribution in [3.63, 3.8) is 0 Å². The quantitative estimate of drug-likeness (QED) is 0.596. The van der Waals surface area contributed by atoms with Gasteiger partial charge in [-0.05, 0) is 58.7 Å². The van der Waals surface area contributed by atoms with Crippen molar-refractivity contribution in [2.45, 2.75) is 70.9 Å². The molecule has 0 aromatic heterocycles. The minimum absolute atomic E-state index is 0.0642. The van der Waals surface area contributed by atoms with Crippen LogP contribution in [0, 0.1) is 0 Å². The number of nitrogens with zero attached hydrogens (tertiary/aromatic N) is 1. The summed E-state index contributed by atoms with van der Waals surface area (Å²) in [4.78, 5) is 2.53. The van der Waals surface area contributed by atoms with E-state index < -0.39 is 0 Å². The second-order valence-corrected chi connectivity index (χ2v) is 6.03. The Morgan fingerprint density at radius 1 is 1.22 bits per heavy atom. The summed E-state index contributed by atoms with van der Waals surface area (Å²) >= 11 is 0. The van der Waals surface area contributed by atoms with Gasteiger partial charge in [-0.1, -0.05) is 20.3 Å². The van der Waals surface area contributed by atoms with Crippen molar-refractivity contribution >= 4 is 0 Å². The lowest BCUT2D eigenvalue weighted by Crippen LogP contribution is -2.47. The Balaban J connectivity index is 2.19. The van der Waals surface area contributed by atoms with Crippen LogP contribution in [-0.4, -0.2) is 47.8 Å². The zero-order chi connectivity index (χ0) is 13.4. The Morgan fingerprint density at radius 3 is 2.39 bits per heavy atom. The summed E-state index contributed by atoms with van der Waals surface area (Å²) in [7, 11) is 0. The van der Waals surface area contributed by atoms with Crippen molar-refractivity contribution in [1.82, 2.24) is 10.2 Å². The SMILES string of the molecule is CCCCN(CC)CCCC(C)(CO)NC1CC1. The molecule has 1 atom stereocenters. The maximum absolute atomic E-state index is 9.55. The number of aliphatic hydroxyl groups is 1. The molecule has 0 spiro atoms. The second kappa shape index (κ2) is 8.13. The van der Waals surface area contributed by atoms with Crippen LogP contribution < -0.4 is 5.32 Å². The highest BCUT2D eigenvalue weighted by molar-refractivity contribution is 4.92. The van der Waals surface area contributed by atoms with Crippen LogP contribution in [0.5, 0.6) is 0 Å². The molecule has 2 N–H and O–H groups in total. The summed E-state index contributed by atoms with van der Waals surface area (Å²) in [5.41, 5.74) is -0.0642. The van der Waals surface area contributed by atoms with Crippen LogP contribution in [0.4, 0.5) is 0 Å². The zero-order valence-corrected chi connectivity index (χ0v) is 12.5. The van der Waals surface area contributed by atoms with Crippen LogP contribution in [0.2, 0.25) is 0 Å². The Kier molecular flexibility index (Phi) is 7.20. The standard InChI is InChI=1S/C15H32N2O/c1-4-6-11-17(5-2)12-7-10-15(3,13-18)16-14-8-9-14/h14,16,18H,4-13H2,1-3H3. The van der Waals surface area contributed by atoms with E-state index in [-0.39, 0.29) is 12.1 Å². The summed E-state index contributed by atoms with van der Waals surface area (Å²) < 4.78 is 0. The molecule has 0 saturated heterocycles. The summed E-state index contributed by atoms with van der Waals surface area (Å²) in [5, 5.41) is 13.1. The number of hydrogen-bond donors (Lipinski definition) is 2. The summed E-state index contributed by atoms with van der Waals surface area (Å²) in [5.74, 6) is 0. The first kappa shape index (κ1) is 15.9. The van der Waals surface area contributed by atoms with E-state index in [2.05, 4.69) is 31.0 Å². The summed E-state index contributed by atoms with van der Waals surface area (Å²) in [6.45, 7) is 10.4. The smallest absolute Gasteiger partial charge is 0.0610 e. The van der Waals surface area contributed by atoms with Gasteiger partial charge in [0.25, 0.3) is 0 Å². The molecule has 0 amide bonds. The van der Waals surface area contributed by atoms with Crippen LogP contribution in [0.15, 0.2) is 0 Å². The average molecular weight is 256 g/mol. The zero-order valence-electron chi connectivity index (χ0n) is 12.5. The van der Waals surface area contributed by atoms with Crippen molar-refractivity contribution in [1.29, 1.82) is 0 Å². The summed E-state index contributed by atoms with van der Waals surface area (Å²) in [6.07, 6.45) is 7.39. The molecular weight excluding hydrogens is 224 g/mol. The minimum atomic E-state index is -0.0642. The van der Waals surface area contributed by atoms with Crippen molar-refractivity contribution < 1.29 is 5.11 Å². The Bertz CT molecular complexity index is 219. The molecule has 3 nitrogen and oxygen atoms in total. The lowest BCUT2D eigenvalue weighted by molar-refractivity contribution is 0.155. The molecule has 1 aliphatic rings. The van der Waals surface area contributed by atoms with Crippen molar-refractivity contribution in [3.05, 3.63) is 0 Å². The highest BCUT2D eigenvalue weighted by Crippen LogP contribution is 2.24. The third-order valence-corrected chi connectivity index (χ3v) is 3.96. The van der Waals surface area contributed by atoms with E-state index in [9.17, 15) is 5.11 Å². The van der Waals surface area contributed by atoms with Gasteiger partial charge in [0.2, 0.25) is 0 Å². The van der Waals surface area contributed by atoms with Gasteiger partial charge in [0, 0.05) is 11.6 Å². The molecule has 0 heterocycles. The van der Waals surface area contributed by atoms with Gasteiger partial charge in [-0.2, -0.15) is 0 Å². The van der Waals surface area contributed by atoms with Gasteiger partial charge in [-0.15, -0.1) is 0 Å². The third-order valence-electron chi connectivity index (χ3n) is 3.96. The first-order valence-corrected chi connectivity index (χ1v) is 7.74. The normalized spacial score (nSPS) is 19.2. The second-order valence-electron chi connectivity index (χ2n) is 6.03. The monoisotopic (exact) mass is 256 g/mol. The van der Waals surface area contributed by atoms with E-state index in [1.54, 1.807) is 0 Å². The minimum Gasteiger partial charge on any atom is -0.394 e. The van der Waals surface area contributed by atoms with Crippen molar-refractivity contribution in [3.8, 4) is 0 Å². The Hall–Kier alpha value is -0.120. The molecular formula is C15H32N2O. The third kappa shape index (κ3) is 6.17. The molecule has 0 aromatic rings. The van der Waals surface area contributed by atoms with E-state index in [0.29, 0.717) is 6.04 Å². The fraction of sp³-hybridized carbons (Fsp3) is 1.00. The molecule has 1 aliphatic carbocycles. The van der Waals surface area contributed by atoms with Gasteiger partial charge in [0.1, 0.15) is 0 Å². The molecule has 1 unspecified atom stereocenters. The number of aliphatic hydroxyl groups excluding tert-OH is 1. The molecule has 1 saturated carbocycles. The van der Waals surface area contributed by atoms with E-state index in [0.717, 1.165) is 13.0 Å². The largest absolute Gasteiger partial charge is 0.394 e. The van der Waals surface area contributed by atoms with E-state index in [1.165, 1.54) is 45.2 Å². The van der Waals surface area contributed by atoms with Gasteiger partial charge in [-0.3, -0.25) is 0 Å². The maximum Gasteiger partial charge on any atom is 0.0610 e. The van der Waals surface area contributed by atoms with E-state index in [1.807, 2.05) is 0 Å². The molecule has 1 fully saturated rings. The van der Waals surface area contributed by atoms with Gasteiger partial charge < -0.3 is 15.3 Å². The first-order chi connectivity index (χ1) is 8.63. The molecule has 3 heteroatoms.